The van der Waals surface area contributed by atoms with Gasteiger partial charge in [-0.15, -0.1) is 0 Å². The average molecular weight is 287 g/mol. The van der Waals surface area contributed by atoms with Crippen LogP contribution in [0.2, 0.25) is 0 Å². The fourth-order valence-electron chi connectivity index (χ4n) is 2.58. The molecule has 0 aliphatic heterocycles. The first-order valence-electron chi connectivity index (χ1n) is 7.60. The van der Waals surface area contributed by atoms with E-state index in [2.05, 4.69) is 47.8 Å². The topological polar surface area (TPSA) is 39.1 Å². The molecule has 0 saturated heterocycles. The maximum absolute atomic E-state index is 5.36. The van der Waals surface area contributed by atoms with Gasteiger partial charge in [0.1, 0.15) is 11.6 Å². The number of methoxy groups -OCH3 is 1. The highest BCUT2D eigenvalue weighted by molar-refractivity contribution is 5.39. The van der Waals surface area contributed by atoms with Gasteiger partial charge in [0.2, 0.25) is 0 Å². The Labute approximate surface area is 127 Å². The molecule has 4 heteroatoms. The van der Waals surface area contributed by atoms with Crippen LogP contribution in [-0.4, -0.2) is 23.2 Å². The van der Waals surface area contributed by atoms with Crippen molar-refractivity contribution in [3.63, 3.8) is 0 Å². The Morgan fingerprint density at radius 2 is 2.14 bits per heavy atom. The van der Waals surface area contributed by atoms with Crippen molar-refractivity contribution in [1.82, 2.24) is 14.9 Å². The van der Waals surface area contributed by atoms with Gasteiger partial charge in [-0.3, -0.25) is 0 Å². The van der Waals surface area contributed by atoms with Gasteiger partial charge >= 0.3 is 0 Å². The molecule has 0 saturated carbocycles. The van der Waals surface area contributed by atoms with Gasteiger partial charge in [-0.1, -0.05) is 19.1 Å². The highest BCUT2D eigenvalue weighted by Crippen LogP contribution is 2.26. The second-order valence-corrected chi connectivity index (χ2v) is 5.19. The van der Waals surface area contributed by atoms with E-state index in [1.165, 1.54) is 5.56 Å². The molecule has 4 nitrogen and oxygen atoms in total. The van der Waals surface area contributed by atoms with Crippen LogP contribution < -0.4 is 10.1 Å². The number of imidazole rings is 1. The van der Waals surface area contributed by atoms with Crippen LogP contribution in [0.3, 0.4) is 0 Å². The van der Waals surface area contributed by atoms with Crippen molar-refractivity contribution < 1.29 is 4.74 Å². The first kappa shape index (κ1) is 15.6. The highest BCUT2D eigenvalue weighted by atomic mass is 16.5. The van der Waals surface area contributed by atoms with E-state index in [9.17, 15) is 0 Å². The largest absolute Gasteiger partial charge is 0.496 e. The number of hydrogen-bond donors (Lipinski definition) is 1. The molecule has 1 aromatic heterocycles. The predicted molar refractivity (Wildman–Crippen MR) is 85.8 cm³/mol. The van der Waals surface area contributed by atoms with E-state index >= 15 is 0 Å². The molecule has 1 unspecified atom stereocenters. The molecule has 0 amide bonds. The zero-order valence-corrected chi connectivity index (χ0v) is 13.4. The Morgan fingerprint density at radius 3 is 2.76 bits per heavy atom. The zero-order valence-electron chi connectivity index (χ0n) is 13.4. The van der Waals surface area contributed by atoms with Crippen LogP contribution in [0.4, 0.5) is 0 Å². The summed E-state index contributed by atoms with van der Waals surface area (Å²) in [7, 11) is 1.71. The highest BCUT2D eigenvalue weighted by Gasteiger charge is 2.18. The summed E-state index contributed by atoms with van der Waals surface area (Å²) in [6.45, 7) is 8.28. The lowest BCUT2D eigenvalue weighted by Crippen LogP contribution is -2.26. The Bertz CT molecular complexity index is 577. The lowest BCUT2D eigenvalue weighted by atomic mass is 10.0. The van der Waals surface area contributed by atoms with Crippen LogP contribution in [0, 0.1) is 6.92 Å². The standard InChI is InChI=1S/C17H25N3O/c1-5-9-18-16(17-19-10-11-20(17)6-2)14-7-8-15(21-4)13(3)12-14/h7-8,10-12,16,18H,5-6,9H2,1-4H3. The molecule has 0 spiro atoms. The van der Waals surface area contributed by atoms with Crippen molar-refractivity contribution >= 4 is 0 Å². The van der Waals surface area contributed by atoms with Crippen LogP contribution in [0.5, 0.6) is 5.75 Å². The van der Waals surface area contributed by atoms with Crippen LogP contribution >= 0.6 is 0 Å². The van der Waals surface area contributed by atoms with Gasteiger partial charge in [-0.25, -0.2) is 4.98 Å². The summed E-state index contributed by atoms with van der Waals surface area (Å²) in [6.07, 6.45) is 5.00. The monoisotopic (exact) mass is 287 g/mol. The number of aromatic nitrogens is 2. The number of benzene rings is 1. The molecule has 114 valence electrons. The lowest BCUT2D eigenvalue weighted by molar-refractivity contribution is 0.411. The fraction of sp³-hybridized carbons (Fsp3) is 0.471. The quantitative estimate of drug-likeness (QED) is 0.849. The molecule has 1 N–H and O–H groups in total. The van der Waals surface area contributed by atoms with Crippen molar-refractivity contribution in [3.8, 4) is 5.75 Å². The van der Waals surface area contributed by atoms with Gasteiger partial charge in [-0.2, -0.15) is 0 Å². The molecule has 1 aromatic carbocycles. The smallest absolute Gasteiger partial charge is 0.130 e. The lowest BCUT2D eigenvalue weighted by Gasteiger charge is -2.20. The minimum Gasteiger partial charge on any atom is -0.496 e. The van der Waals surface area contributed by atoms with Gasteiger partial charge in [0.25, 0.3) is 0 Å². The third kappa shape index (κ3) is 3.45. The van der Waals surface area contributed by atoms with Gasteiger partial charge < -0.3 is 14.6 Å². The van der Waals surface area contributed by atoms with E-state index in [0.717, 1.165) is 36.6 Å². The van der Waals surface area contributed by atoms with E-state index in [1.807, 2.05) is 18.5 Å². The third-order valence-electron chi connectivity index (χ3n) is 3.70. The number of nitrogens with zero attached hydrogens (tertiary/aromatic N) is 2. The van der Waals surface area contributed by atoms with Crippen LogP contribution in [0.25, 0.3) is 0 Å². The number of ether oxygens (including phenoxy) is 1. The summed E-state index contributed by atoms with van der Waals surface area (Å²) in [5, 5.41) is 3.60. The van der Waals surface area contributed by atoms with Crippen LogP contribution in [0.15, 0.2) is 30.6 Å². The van der Waals surface area contributed by atoms with Crippen molar-refractivity contribution in [2.24, 2.45) is 0 Å². The number of nitrogens with one attached hydrogen (secondary N) is 1. The van der Waals surface area contributed by atoms with Gasteiger partial charge in [0, 0.05) is 18.9 Å². The maximum Gasteiger partial charge on any atom is 0.130 e. The first-order valence-corrected chi connectivity index (χ1v) is 7.60. The van der Waals surface area contributed by atoms with E-state index < -0.39 is 0 Å². The van der Waals surface area contributed by atoms with E-state index in [1.54, 1.807) is 7.11 Å². The molecule has 1 heterocycles. The van der Waals surface area contributed by atoms with Gasteiger partial charge in [-0.05, 0) is 44.0 Å². The predicted octanol–water partition coefficient (Wildman–Crippen LogP) is 3.31. The molecular weight excluding hydrogens is 262 g/mol. The molecule has 0 aliphatic rings. The Hall–Kier alpha value is -1.81. The van der Waals surface area contributed by atoms with Gasteiger partial charge in [0.05, 0.1) is 13.2 Å². The molecule has 0 fully saturated rings. The Balaban J connectivity index is 2.38. The molecule has 2 aromatic rings. The minimum atomic E-state index is 0.115. The van der Waals surface area contributed by atoms with E-state index in [0.29, 0.717) is 0 Å². The van der Waals surface area contributed by atoms with Crippen molar-refractivity contribution in [3.05, 3.63) is 47.5 Å². The summed E-state index contributed by atoms with van der Waals surface area (Å²) in [6, 6.07) is 6.45. The molecule has 0 aliphatic carbocycles. The summed E-state index contributed by atoms with van der Waals surface area (Å²) in [4.78, 5) is 4.56. The van der Waals surface area contributed by atoms with Crippen LogP contribution in [0.1, 0.15) is 43.3 Å². The van der Waals surface area contributed by atoms with E-state index in [-0.39, 0.29) is 6.04 Å². The third-order valence-corrected chi connectivity index (χ3v) is 3.70. The van der Waals surface area contributed by atoms with Crippen molar-refractivity contribution in [1.29, 1.82) is 0 Å². The Morgan fingerprint density at radius 1 is 1.33 bits per heavy atom. The van der Waals surface area contributed by atoms with E-state index in [4.69, 9.17) is 4.74 Å². The van der Waals surface area contributed by atoms with Crippen molar-refractivity contribution in [2.45, 2.75) is 39.8 Å². The number of rotatable bonds is 7. The molecular formula is C17H25N3O. The fourth-order valence-corrected chi connectivity index (χ4v) is 2.58. The molecule has 0 bridgehead atoms. The summed E-state index contributed by atoms with van der Waals surface area (Å²) in [5.41, 5.74) is 2.37. The SMILES string of the molecule is CCCNC(c1ccc(OC)c(C)c1)c1nccn1CC. The molecule has 2 rings (SSSR count). The summed E-state index contributed by atoms with van der Waals surface area (Å²) in [5.74, 6) is 1.99. The molecule has 0 radical (unpaired) electrons. The first-order chi connectivity index (χ1) is 10.2. The summed E-state index contributed by atoms with van der Waals surface area (Å²) < 4.78 is 7.54. The second kappa shape index (κ2) is 7.27. The zero-order chi connectivity index (χ0) is 15.2. The van der Waals surface area contributed by atoms with Crippen LogP contribution in [-0.2, 0) is 6.54 Å². The normalized spacial score (nSPS) is 12.4. The average Bonchev–Trinajstić information content (AvgIpc) is 2.96. The van der Waals surface area contributed by atoms with Crippen molar-refractivity contribution in [2.75, 3.05) is 13.7 Å². The number of aryl methyl sites for hydroxylation is 2. The second-order valence-electron chi connectivity index (χ2n) is 5.19. The maximum atomic E-state index is 5.36. The number of hydrogen-bond acceptors (Lipinski definition) is 3. The molecule has 1 atom stereocenters. The van der Waals surface area contributed by atoms with Gasteiger partial charge in [0.15, 0.2) is 0 Å². The Kier molecular flexibility index (Phi) is 5.39. The molecule has 21 heavy (non-hydrogen) atoms. The minimum absolute atomic E-state index is 0.115. The summed E-state index contributed by atoms with van der Waals surface area (Å²) >= 11 is 0.